The van der Waals surface area contributed by atoms with E-state index in [1.165, 1.54) is 0 Å². The molecule has 2 heterocycles. The van der Waals surface area contributed by atoms with Crippen LogP contribution in [-0.4, -0.2) is 75.3 Å². The van der Waals surface area contributed by atoms with Crippen molar-refractivity contribution in [3.63, 3.8) is 0 Å². The number of piperazine rings is 1. The van der Waals surface area contributed by atoms with Crippen LogP contribution in [0.4, 0.5) is 5.69 Å². The summed E-state index contributed by atoms with van der Waals surface area (Å²) in [7, 11) is 2.21. The molecule has 1 N–H and O–H groups in total. The van der Waals surface area contributed by atoms with Crippen LogP contribution in [0.5, 0.6) is 5.75 Å². The van der Waals surface area contributed by atoms with Crippen LogP contribution in [0.1, 0.15) is 55.2 Å². The summed E-state index contributed by atoms with van der Waals surface area (Å²) in [6.45, 7) is 20.2. The van der Waals surface area contributed by atoms with E-state index in [4.69, 9.17) is 9.16 Å². The summed E-state index contributed by atoms with van der Waals surface area (Å²) >= 11 is 0. The number of nitrogens with zero attached hydrogens (tertiary/aromatic N) is 4. The predicted octanol–water partition coefficient (Wildman–Crippen LogP) is 6.04. The van der Waals surface area contributed by atoms with Crippen molar-refractivity contribution in [2.75, 3.05) is 51.3 Å². The van der Waals surface area contributed by atoms with Crippen molar-refractivity contribution in [3.8, 4) is 16.9 Å². The largest absolute Gasteiger partial charge is 0.491 e. The molecule has 0 saturated carbocycles. The molecule has 2 aromatic carbocycles. The standard InChI is InChI=1S/C33H49N5O3Si/c1-24-10-11-29(38-14-12-36(6)13-15-38)21-31(24)32(39)35-25(2)26-18-27(28-22-34-37(7)23-28)20-30(19-26)40-16-17-41-42(8,9)33(3,4)5/h10-11,18-23,25H,12-17H2,1-9H3,(H,35,39)/t25-/m1/s1. The van der Waals surface area contributed by atoms with Crippen molar-refractivity contribution >= 4 is 19.9 Å². The summed E-state index contributed by atoms with van der Waals surface area (Å²) in [5, 5.41) is 7.75. The Morgan fingerprint density at radius 3 is 2.38 bits per heavy atom. The minimum Gasteiger partial charge on any atom is -0.491 e. The summed E-state index contributed by atoms with van der Waals surface area (Å²) in [5.41, 5.74) is 5.73. The second-order valence-electron chi connectivity index (χ2n) is 13.1. The summed E-state index contributed by atoms with van der Waals surface area (Å²) in [5.74, 6) is 0.674. The molecule has 42 heavy (non-hydrogen) atoms. The minimum absolute atomic E-state index is 0.0759. The fourth-order valence-electron chi connectivity index (χ4n) is 4.84. The number of carbonyl (C=O) groups is 1. The van der Waals surface area contributed by atoms with Crippen LogP contribution in [0.3, 0.4) is 0 Å². The Balaban J connectivity index is 1.51. The molecule has 0 bridgehead atoms. The Morgan fingerprint density at radius 2 is 1.74 bits per heavy atom. The summed E-state index contributed by atoms with van der Waals surface area (Å²) in [6, 6.07) is 12.1. The quantitative estimate of drug-likeness (QED) is 0.229. The zero-order valence-corrected chi connectivity index (χ0v) is 28.0. The Hall–Kier alpha value is -3.14. The fraction of sp³-hybridized carbons (Fsp3) is 0.515. The van der Waals surface area contributed by atoms with Crippen molar-refractivity contribution in [2.24, 2.45) is 7.05 Å². The molecule has 1 amide bonds. The van der Waals surface area contributed by atoms with Gasteiger partial charge in [-0.05, 0) is 86.0 Å². The van der Waals surface area contributed by atoms with Gasteiger partial charge in [-0.15, -0.1) is 0 Å². The number of likely N-dealkylation sites (N-methyl/N-ethyl adjacent to an activating group) is 1. The Morgan fingerprint density at radius 1 is 1.02 bits per heavy atom. The third-order valence-electron chi connectivity index (χ3n) is 8.77. The lowest BCUT2D eigenvalue weighted by Crippen LogP contribution is -2.44. The summed E-state index contributed by atoms with van der Waals surface area (Å²) in [6.07, 6.45) is 3.83. The van der Waals surface area contributed by atoms with Gasteiger partial charge in [0.05, 0.1) is 18.8 Å². The van der Waals surface area contributed by atoms with Crippen molar-refractivity contribution < 1.29 is 14.0 Å². The topological polar surface area (TPSA) is 71.9 Å². The van der Waals surface area contributed by atoms with Crippen LogP contribution < -0.4 is 15.0 Å². The second-order valence-corrected chi connectivity index (χ2v) is 17.9. The van der Waals surface area contributed by atoms with Crippen LogP contribution in [0.25, 0.3) is 11.1 Å². The molecule has 0 unspecified atom stereocenters. The molecule has 1 saturated heterocycles. The van der Waals surface area contributed by atoms with E-state index in [-0.39, 0.29) is 17.0 Å². The van der Waals surface area contributed by atoms with Gasteiger partial charge in [-0.2, -0.15) is 5.10 Å². The van der Waals surface area contributed by atoms with Gasteiger partial charge < -0.3 is 24.3 Å². The van der Waals surface area contributed by atoms with E-state index >= 15 is 0 Å². The van der Waals surface area contributed by atoms with Crippen molar-refractivity contribution in [3.05, 3.63) is 65.5 Å². The van der Waals surface area contributed by atoms with Crippen LogP contribution in [-0.2, 0) is 11.5 Å². The van der Waals surface area contributed by atoms with Crippen LogP contribution in [0, 0.1) is 6.92 Å². The summed E-state index contributed by atoms with van der Waals surface area (Å²) in [4.78, 5) is 18.3. The maximum absolute atomic E-state index is 13.6. The van der Waals surface area contributed by atoms with Gasteiger partial charge in [0.1, 0.15) is 12.4 Å². The molecule has 1 fully saturated rings. The average Bonchev–Trinajstić information content (AvgIpc) is 3.37. The molecule has 9 heteroatoms. The van der Waals surface area contributed by atoms with E-state index in [9.17, 15) is 4.79 Å². The molecule has 0 aliphatic carbocycles. The maximum atomic E-state index is 13.6. The first-order valence-corrected chi connectivity index (χ1v) is 17.9. The zero-order chi connectivity index (χ0) is 30.7. The molecule has 8 nitrogen and oxygen atoms in total. The van der Waals surface area contributed by atoms with Gasteiger partial charge in [-0.25, -0.2) is 0 Å². The van der Waals surface area contributed by atoms with E-state index < -0.39 is 8.32 Å². The number of amides is 1. The van der Waals surface area contributed by atoms with Crippen LogP contribution in [0.15, 0.2) is 48.8 Å². The smallest absolute Gasteiger partial charge is 0.252 e. The highest BCUT2D eigenvalue weighted by atomic mass is 28.4. The molecular formula is C33H49N5O3Si. The van der Waals surface area contributed by atoms with E-state index in [0.717, 1.165) is 59.9 Å². The minimum atomic E-state index is -1.85. The molecule has 0 spiro atoms. The molecule has 1 aromatic heterocycles. The molecule has 0 radical (unpaired) electrons. The molecule has 1 atom stereocenters. The number of carbonyl (C=O) groups excluding carboxylic acids is 1. The number of nitrogens with one attached hydrogen (secondary N) is 1. The molecule has 228 valence electrons. The monoisotopic (exact) mass is 591 g/mol. The first-order valence-electron chi connectivity index (χ1n) is 15.0. The van der Waals surface area contributed by atoms with E-state index in [2.05, 4.69) is 73.3 Å². The molecule has 4 rings (SSSR count). The molecule has 1 aliphatic rings. The number of hydrogen-bond donors (Lipinski definition) is 1. The third kappa shape index (κ3) is 7.82. The van der Waals surface area contributed by atoms with E-state index in [1.54, 1.807) is 4.68 Å². The Kier molecular flexibility index (Phi) is 9.85. The van der Waals surface area contributed by atoms with Crippen LogP contribution in [0.2, 0.25) is 18.1 Å². The van der Waals surface area contributed by atoms with Gasteiger partial charge in [0.25, 0.3) is 5.91 Å². The molecular weight excluding hydrogens is 542 g/mol. The van der Waals surface area contributed by atoms with Crippen LogP contribution >= 0.6 is 0 Å². The van der Waals surface area contributed by atoms with Gasteiger partial charge in [-0.3, -0.25) is 9.48 Å². The second kappa shape index (κ2) is 13.0. The number of ether oxygens (including phenoxy) is 1. The third-order valence-corrected chi connectivity index (χ3v) is 13.3. The Bertz CT molecular complexity index is 1370. The molecule has 1 aliphatic heterocycles. The lowest BCUT2D eigenvalue weighted by molar-refractivity contribution is 0.0939. The average molecular weight is 592 g/mol. The first kappa shape index (κ1) is 31.8. The van der Waals surface area contributed by atoms with Crippen molar-refractivity contribution in [2.45, 2.75) is 58.8 Å². The fourth-order valence-corrected chi connectivity index (χ4v) is 5.87. The Labute approximate surface area is 253 Å². The lowest BCUT2D eigenvalue weighted by Gasteiger charge is -2.36. The number of aromatic nitrogens is 2. The highest BCUT2D eigenvalue weighted by Gasteiger charge is 2.37. The maximum Gasteiger partial charge on any atom is 0.252 e. The number of anilines is 1. The normalized spacial score (nSPS) is 15.5. The van der Waals surface area contributed by atoms with Gasteiger partial charge in [0, 0.05) is 56.2 Å². The molecule has 3 aromatic rings. The van der Waals surface area contributed by atoms with Crippen molar-refractivity contribution in [1.29, 1.82) is 0 Å². The predicted molar refractivity (Wildman–Crippen MR) is 174 cm³/mol. The number of benzene rings is 2. The zero-order valence-electron chi connectivity index (χ0n) is 27.0. The van der Waals surface area contributed by atoms with Gasteiger partial charge in [0.15, 0.2) is 8.32 Å². The first-order chi connectivity index (χ1) is 19.7. The van der Waals surface area contributed by atoms with E-state index in [1.807, 2.05) is 57.6 Å². The SMILES string of the molecule is Cc1ccc(N2CCN(C)CC2)cc1C(=O)N[C@H](C)c1cc(OCCO[Si](C)(C)C(C)(C)C)cc(-c2cnn(C)c2)c1. The lowest BCUT2D eigenvalue weighted by atomic mass is 10.0. The number of rotatable bonds is 10. The highest BCUT2D eigenvalue weighted by Crippen LogP contribution is 2.36. The number of aryl methyl sites for hydroxylation is 2. The van der Waals surface area contributed by atoms with Gasteiger partial charge in [-0.1, -0.05) is 26.8 Å². The van der Waals surface area contributed by atoms with Gasteiger partial charge in [0.2, 0.25) is 0 Å². The van der Waals surface area contributed by atoms with E-state index in [0.29, 0.717) is 18.8 Å². The summed E-state index contributed by atoms with van der Waals surface area (Å²) < 4.78 is 14.3. The van der Waals surface area contributed by atoms with Gasteiger partial charge >= 0.3 is 0 Å². The van der Waals surface area contributed by atoms with Crippen molar-refractivity contribution in [1.82, 2.24) is 20.0 Å². The number of hydrogen-bond acceptors (Lipinski definition) is 6. The highest BCUT2D eigenvalue weighted by molar-refractivity contribution is 6.74.